The maximum absolute atomic E-state index is 6.25. The molecule has 0 aliphatic rings. The Kier molecular flexibility index (Phi) is 6.28. The zero-order valence-electron chi connectivity index (χ0n) is 13.4. The number of rotatable bonds is 8. The largest absolute Gasteiger partial charge is 0.493 e. The summed E-state index contributed by atoms with van der Waals surface area (Å²) in [5, 5.41) is 0. The van der Waals surface area contributed by atoms with Gasteiger partial charge >= 0.3 is 0 Å². The van der Waals surface area contributed by atoms with Crippen LogP contribution in [0.2, 0.25) is 0 Å². The fourth-order valence-electron chi connectivity index (χ4n) is 2.36. The predicted octanol–water partition coefficient (Wildman–Crippen LogP) is 4.46. The third kappa shape index (κ3) is 4.50. The van der Waals surface area contributed by atoms with Crippen molar-refractivity contribution in [3.63, 3.8) is 0 Å². The van der Waals surface area contributed by atoms with Gasteiger partial charge in [-0.2, -0.15) is 0 Å². The first-order valence-corrected chi connectivity index (χ1v) is 7.84. The minimum absolute atomic E-state index is 0.0462. The van der Waals surface area contributed by atoms with Gasteiger partial charge in [-0.3, -0.25) is 0 Å². The van der Waals surface area contributed by atoms with Gasteiger partial charge in [0.25, 0.3) is 0 Å². The fraction of sp³-hybridized carbons (Fsp3) is 0.368. The molecule has 0 saturated carbocycles. The van der Waals surface area contributed by atoms with E-state index in [0.29, 0.717) is 6.61 Å². The number of methoxy groups -OCH3 is 1. The highest BCUT2D eigenvalue weighted by Gasteiger charge is 2.11. The molecule has 3 heteroatoms. The van der Waals surface area contributed by atoms with E-state index in [1.165, 1.54) is 0 Å². The summed E-state index contributed by atoms with van der Waals surface area (Å²) in [4.78, 5) is 0. The molecule has 2 N–H and O–H groups in total. The molecule has 0 amide bonds. The lowest BCUT2D eigenvalue weighted by Crippen LogP contribution is -2.10. The Morgan fingerprint density at radius 1 is 1.05 bits per heavy atom. The Labute approximate surface area is 133 Å². The Morgan fingerprint density at radius 3 is 2.50 bits per heavy atom. The molecule has 2 aromatic carbocycles. The van der Waals surface area contributed by atoms with E-state index < -0.39 is 0 Å². The van der Waals surface area contributed by atoms with Crippen LogP contribution in [-0.2, 0) is 6.61 Å². The molecule has 0 fully saturated rings. The molecule has 0 aliphatic heterocycles. The lowest BCUT2D eigenvalue weighted by atomic mass is 10.0. The highest BCUT2D eigenvalue weighted by atomic mass is 16.5. The van der Waals surface area contributed by atoms with Crippen LogP contribution in [0.4, 0.5) is 0 Å². The molecule has 0 spiro atoms. The summed E-state index contributed by atoms with van der Waals surface area (Å²) < 4.78 is 11.3. The summed E-state index contributed by atoms with van der Waals surface area (Å²) >= 11 is 0. The molecule has 0 heterocycles. The third-order valence-corrected chi connectivity index (χ3v) is 3.72. The minimum Gasteiger partial charge on any atom is -0.493 e. The van der Waals surface area contributed by atoms with Gasteiger partial charge in [0.15, 0.2) is 11.5 Å². The number of hydrogen-bond donors (Lipinski definition) is 1. The van der Waals surface area contributed by atoms with Gasteiger partial charge in [0.1, 0.15) is 6.61 Å². The molecular formula is C19H25NO2. The van der Waals surface area contributed by atoms with E-state index in [1.54, 1.807) is 7.11 Å². The number of benzene rings is 2. The Hall–Kier alpha value is -2.00. The van der Waals surface area contributed by atoms with Crippen LogP contribution in [0.5, 0.6) is 11.5 Å². The summed E-state index contributed by atoms with van der Waals surface area (Å²) in [5.41, 5.74) is 8.48. The van der Waals surface area contributed by atoms with Crippen molar-refractivity contribution in [1.82, 2.24) is 0 Å². The normalized spacial score (nSPS) is 12.0. The molecule has 2 rings (SSSR count). The third-order valence-electron chi connectivity index (χ3n) is 3.72. The van der Waals surface area contributed by atoms with Crippen molar-refractivity contribution in [1.29, 1.82) is 0 Å². The van der Waals surface area contributed by atoms with Crippen molar-refractivity contribution in [3.05, 3.63) is 59.7 Å². The maximum atomic E-state index is 6.25. The van der Waals surface area contributed by atoms with Gasteiger partial charge < -0.3 is 15.2 Å². The Balaban J connectivity index is 2.10. The molecule has 22 heavy (non-hydrogen) atoms. The van der Waals surface area contributed by atoms with E-state index in [0.717, 1.165) is 41.9 Å². The number of unbranched alkanes of at least 4 members (excludes halogenated alkanes) is 1. The second kappa shape index (κ2) is 8.44. The predicted molar refractivity (Wildman–Crippen MR) is 90.2 cm³/mol. The van der Waals surface area contributed by atoms with Crippen molar-refractivity contribution in [3.8, 4) is 11.5 Å². The molecule has 1 atom stereocenters. The lowest BCUT2D eigenvalue weighted by Gasteiger charge is -2.16. The monoisotopic (exact) mass is 299 g/mol. The number of nitrogens with two attached hydrogens (primary N) is 1. The lowest BCUT2D eigenvalue weighted by molar-refractivity contribution is 0.284. The molecule has 0 bridgehead atoms. The first-order valence-electron chi connectivity index (χ1n) is 7.84. The van der Waals surface area contributed by atoms with Gasteiger partial charge in [0, 0.05) is 6.04 Å². The molecule has 0 saturated heterocycles. The van der Waals surface area contributed by atoms with E-state index in [4.69, 9.17) is 15.2 Å². The van der Waals surface area contributed by atoms with Crippen molar-refractivity contribution in [2.24, 2.45) is 5.73 Å². The van der Waals surface area contributed by atoms with E-state index >= 15 is 0 Å². The van der Waals surface area contributed by atoms with Crippen molar-refractivity contribution < 1.29 is 9.47 Å². The van der Waals surface area contributed by atoms with Crippen LogP contribution in [0.15, 0.2) is 48.5 Å². The average molecular weight is 299 g/mol. The SMILES string of the molecule is CCCC[C@@H](N)c1ccc(OC)c(OCc2ccccc2)c1. The zero-order valence-corrected chi connectivity index (χ0v) is 13.4. The van der Waals surface area contributed by atoms with Crippen LogP contribution in [0.25, 0.3) is 0 Å². The topological polar surface area (TPSA) is 44.5 Å². The minimum atomic E-state index is 0.0462. The van der Waals surface area contributed by atoms with Crippen LogP contribution < -0.4 is 15.2 Å². The number of ether oxygens (including phenoxy) is 2. The maximum Gasteiger partial charge on any atom is 0.161 e. The van der Waals surface area contributed by atoms with Crippen LogP contribution >= 0.6 is 0 Å². The van der Waals surface area contributed by atoms with Gasteiger partial charge in [0.2, 0.25) is 0 Å². The second-order valence-electron chi connectivity index (χ2n) is 5.43. The first kappa shape index (κ1) is 16.4. The van der Waals surface area contributed by atoms with Crippen molar-refractivity contribution in [2.75, 3.05) is 7.11 Å². The molecule has 118 valence electrons. The molecular weight excluding hydrogens is 274 g/mol. The zero-order chi connectivity index (χ0) is 15.8. The highest BCUT2D eigenvalue weighted by molar-refractivity contribution is 5.44. The fourth-order valence-corrected chi connectivity index (χ4v) is 2.36. The first-order chi connectivity index (χ1) is 10.7. The highest BCUT2D eigenvalue weighted by Crippen LogP contribution is 2.31. The number of hydrogen-bond acceptors (Lipinski definition) is 3. The summed E-state index contributed by atoms with van der Waals surface area (Å²) in [6, 6.07) is 16.1. The molecule has 0 aliphatic carbocycles. The average Bonchev–Trinajstić information content (AvgIpc) is 2.58. The van der Waals surface area contributed by atoms with E-state index in [2.05, 4.69) is 6.92 Å². The van der Waals surface area contributed by atoms with E-state index in [9.17, 15) is 0 Å². The summed E-state index contributed by atoms with van der Waals surface area (Å²) in [6.45, 7) is 2.69. The van der Waals surface area contributed by atoms with Gasteiger partial charge in [-0.25, -0.2) is 0 Å². The molecule has 0 aromatic heterocycles. The molecule has 0 radical (unpaired) electrons. The van der Waals surface area contributed by atoms with E-state index in [1.807, 2.05) is 48.5 Å². The van der Waals surface area contributed by atoms with Crippen molar-refractivity contribution in [2.45, 2.75) is 38.8 Å². The van der Waals surface area contributed by atoms with Gasteiger partial charge in [0.05, 0.1) is 7.11 Å². The molecule has 3 nitrogen and oxygen atoms in total. The molecule has 2 aromatic rings. The van der Waals surface area contributed by atoms with Crippen LogP contribution in [0.3, 0.4) is 0 Å². The Bertz CT molecular complexity index is 569. The van der Waals surface area contributed by atoms with Crippen molar-refractivity contribution >= 4 is 0 Å². The quantitative estimate of drug-likeness (QED) is 0.782. The summed E-state index contributed by atoms with van der Waals surface area (Å²) in [7, 11) is 1.65. The van der Waals surface area contributed by atoms with Crippen LogP contribution in [-0.4, -0.2) is 7.11 Å². The standard InChI is InChI=1S/C19H25NO2/c1-3-4-10-17(20)16-11-12-18(21-2)19(13-16)22-14-15-8-6-5-7-9-15/h5-9,11-13,17H,3-4,10,14,20H2,1-2H3/t17-/m1/s1. The smallest absolute Gasteiger partial charge is 0.161 e. The van der Waals surface area contributed by atoms with Gasteiger partial charge in [-0.15, -0.1) is 0 Å². The van der Waals surface area contributed by atoms with Gasteiger partial charge in [-0.1, -0.05) is 56.2 Å². The van der Waals surface area contributed by atoms with Crippen LogP contribution in [0.1, 0.15) is 43.4 Å². The summed E-state index contributed by atoms with van der Waals surface area (Å²) in [5.74, 6) is 1.48. The Morgan fingerprint density at radius 2 is 1.82 bits per heavy atom. The summed E-state index contributed by atoms with van der Waals surface area (Å²) in [6.07, 6.45) is 3.27. The van der Waals surface area contributed by atoms with Gasteiger partial charge in [-0.05, 0) is 29.7 Å². The molecule has 0 unspecified atom stereocenters. The second-order valence-corrected chi connectivity index (χ2v) is 5.43. The van der Waals surface area contributed by atoms with Crippen LogP contribution in [0, 0.1) is 0 Å². The van der Waals surface area contributed by atoms with E-state index in [-0.39, 0.29) is 6.04 Å².